The van der Waals surface area contributed by atoms with Crippen LogP contribution in [0.4, 0.5) is 4.39 Å². The number of benzene rings is 1. The molecule has 110 valence electrons. The van der Waals surface area contributed by atoms with Gasteiger partial charge in [-0.15, -0.1) is 11.8 Å². The fourth-order valence-electron chi connectivity index (χ4n) is 2.00. The molecule has 0 bridgehead atoms. The van der Waals surface area contributed by atoms with E-state index < -0.39 is 9.84 Å². The summed E-state index contributed by atoms with van der Waals surface area (Å²) < 4.78 is 35.4. The molecule has 2 rings (SSSR count). The number of amides is 1. The lowest BCUT2D eigenvalue weighted by Gasteiger charge is -2.15. The van der Waals surface area contributed by atoms with E-state index >= 15 is 0 Å². The Kier molecular flexibility index (Phi) is 4.70. The van der Waals surface area contributed by atoms with Crippen molar-refractivity contribution in [2.75, 3.05) is 11.5 Å². The Hall–Kier alpha value is -1.08. The maximum absolute atomic E-state index is 12.8. The number of hydrogen-bond donors (Lipinski definition) is 1. The molecular formula is C13H16FNO3S2. The minimum absolute atomic E-state index is 0.0205. The van der Waals surface area contributed by atoms with Crippen molar-refractivity contribution in [1.82, 2.24) is 5.32 Å². The second kappa shape index (κ2) is 6.13. The third-order valence-electron chi connectivity index (χ3n) is 3.07. The molecule has 0 unspecified atom stereocenters. The summed E-state index contributed by atoms with van der Waals surface area (Å²) in [7, 11) is -2.99. The lowest BCUT2D eigenvalue weighted by molar-refractivity contribution is -0.120. The van der Waals surface area contributed by atoms with Crippen LogP contribution in [0.25, 0.3) is 0 Å². The monoisotopic (exact) mass is 317 g/mol. The van der Waals surface area contributed by atoms with E-state index in [1.54, 1.807) is 19.1 Å². The standard InChI is InChI=1S/C13H16FNO3S2/c1-9(19-12-4-2-10(14)3-5-12)13(16)15-11-6-7-20(17,18)8-11/h2-5,9,11H,6-8H2,1H3,(H,15,16)/t9-,11-/m0/s1. The van der Waals surface area contributed by atoms with E-state index in [0.29, 0.717) is 6.42 Å². The van der Waals surface area contributed by atoms with Crippen LogP contribution in [0.2, 0.25) is 0 Å². The van der Waals surface area contributed by atoms with E-state index in [9.17, 15) is 17.6 Å². The Morgan fingerprint density at radius 2 is 2.05 bits per heavy atom. The van der Waals surface area contributed by atoms with Gasteiger partial charge >= 0.3 is 0 Å². The van der Waals surface area contributed by atoms with Gasteiger partial charge in [-0.05, 0) is 37.6 Å². The summed E-state index contributed by atoms with van der Waals surface area (Å²) in [5, 5.41) is 2.40. The zero-order valence-electron chi connectivity index (χ0n) is 11.0. The highest BCUT2D eigenvalue weighted by atomic mass is 32.2. The Bertz CT molecular complexity index is 586. The van der Waals surface area contributed by atoms with Gasteiger partial charge in [0.25, 0.3) is 0 Å². The summed E-state index contributed by atoms with van der Waals surface area (Å²) in [5.74, 6) is -0.353. The van der Waals surface area contributed by atoms with E-state index in [4.69, 9.17) is 0 Å². The smallest absolute Gasteiger partial charge is 0.233 e. The van der Waals surface area contributed by atoms with Crippen molar-refractivity contribution in [2.24, 2.45) is 0 Å². The Labute approximate surface area is 122 Å². The summed E-state index contributed by atoms with van der Waals surface area (Å²) in [5.41, 5.74) is 0. The van der Waals surface area contributed by atoms with Gasteiger partial charge in [0.1, 0.15) is 5.82 Å². The molecule has 7 heteroatoms. The third kappa shape index (κ3) is 4.21. The van der Waals surface area contributed by atoms with Gasteiger partial charge in [0.15, 0.2) is 9.84 Å². The van der Waals surface area contributed by atoms with E-state index in [-0.39, 0.29) is 34.5 Å². The van der Waals surface area contributed by atoms with Crippen molar-refractivity contribution in [1.29, 1.82) is 0 Å². The summed E-state index contributed by atoms with van der Waals surface area (Å²) in [4.78, 5) is 12.8. The van der Waals surface area contributed by atoms with Crippen molar-refractivity contribution < 1.29 is 17.6 Å². The number of carbonyl (C=O) groups excluding carboxylic acids is 1. The fourth-order valence-corrected chi connectivity index (χ4v) is 4.55. The minimum Gasteiger partial charge on any atom is -0.351 e. The molecule has 0 spiro atoms. The number of hydrogen-bond acceptors (Lipinski definition) is 4. The normalized spacial score (nSPS) is 22.4. The molecule has 1 N–H and O–H groups in total. The summed E-state index contributed by atoms with van der Waals surface area (Å²) >= 11 is 1.32. The van der Waals surface area contributed by atoms with Crippen LogP contribution in [0.1, 0.15) is 13.3 Å². The Morgan fingerprint density at radius 3 is 2.60 bits per heavy atom. The van der Waals surface area contributed by atoms with Crippen molar-refractivity contribution in [3.8, 4) is 0 Å². The maximum atomic E-state index is 12.8. The van der Waals surface area contributed by atoms with E-state index in [1.165, 1.54) is 23.9 Å². The van der Waals surface area contributed by atoms with Gasteiger partial charge in [-0.1, -0.05) is 0 Å². The van der Waals surface area contributed by atoms with Crippen LogP contribution < -0.4 is 5.32 Å². The average molecular weight is 317 g/mol. The number of rotatable bonds is 4. The van der Waals surface area contributed by atoms with Gasteiger partial charge < -0.3 is 5.32 Å². The first-order chi connectivity index (χ1) is 9.35. The first-order valence-corrected chi connectivity index (χ1v) is 8.99. The van der Waals surface area contributed by atoms with Crippen molar-refractivity contribution >= 4 is 27.5 Å². The average Bonchev–Trinajstić information content (AvgIpc) is 2.71. The van der Waals surface area contributed by atoms with Gasteiger partial charge in [-0.2, -0.15) is 0 Å². The number of nitrogens with one attached hydrogen (secondary N) is 1. The highest BCUT2D eigenvalue weighted by Crippen LogP contribution is 2.24. The van der Waals surface area contributed by atoms with Gasteiger partial charge in [0.05, 0.1) is 16.8 Å². The maximum Gasteiger partial charge on any atom is 0.233 e. The molecule has 1 aliphatic heterocycles. The molecule has 1 amide bonds. The lowest BCUT2D eigenvalue weighted by atomic mass is 10.2. The molecule has 1 aromatic rings. The molecule has 1 heterocycles. The van der Waals surface area contributed by atoms with Crippen LogP contribution in [0, 0.1) is 5.82 Å². The molecule has 1 saturated heterocycles. The molecule has 0 aromatic heterocycles. The molecule has 0 aliphatic carbocycles. The minimum atomic E-state index is -2.99. The van der Waals surface area contributed by atoms with E-state index in [1.807, 2.05) is 0 Å². The molecule has 1 aliphatic rings. The molecule has 0 saturated carbocycles. The topological polar surface area (TPSA) is 63.2 Å². The quantitative estimate of drug-likeness (QED) is 0.857. The summed E-state index contributed by atoms with van der Waals surface area (Å²) in [6.45, 7) is 1.74. The molecule has 2 atom stereocenters. The van der Waals surface area contributed by atoms with Crippen molar-refractivity contribution in [3.63, 3.8) is 0 Å². The van der Waals surface area contributed by atoms with Crippen LogP contribution in [-0.4, -0.2) is 37.1 Å². The molecular weight excluding hydrogens is 301 g/mol. The zero-order valence-corrected chi connectivity index (χ0v) is 12.6. The van der Waals surface area contributed by atoms with Crippen LogP contribution in [0.15, 0.2) is 29.2 Å². The largest absolute Gasteiger partial charge is 0.351 e. The molecule has 1 fully saturated rings. The number of sulfone groups is 1. The highest BCUT2D eigenvalue weighted by molar-refractivity contribution is 8.00. The van der Waals surface area contributed by atoms with Crippen LogP contribution in [0.5, 0.6) is 0 Å². The van der Waals surface area contributed by atoms with Crippen LogP contribution in [0.3, 0.4) is 0 Å². The third-order valence-corrected chi connectivity index (χ3v) is 5.95. The van der Waals surface area contributed by atoms with Gasteiger partial charge in [-0.3, -0.25) is 4.79 Å². The zero-order chi connectivity index (χ0) is 14.8. The second-order valence-corrected chi connectivity index (χ2v) is 8.47. The van der Waals surface area contributed by atoms with Crippen LogP contribution in [-0.2, 0) is 14.6 Å². The fraction of sp³-hybridized carbons (Fsp3) is 0.462. The van der Waals surface area contributed by atoms with Crippen molar-refractivity contribution in [3.05, 3.63) is 30.1 Å². The summed E-state index contributed by atoms with van der Waals surface area (Å²) in [6, 6.07) is 5.63. The van der Waals surface area contributed by atoms with E-state index in [0.717, 1.165) is 4.90 Å². The Balaban J connectivity index is 1.88. The molecule has 0 radical (unpaired) electrons. The first-order valence-electron chi connectivity index (χ1n) is 6.29. The predicted molar refractivity (Wildman–Crippen MR) is 76.9 cm³/mol. The highest BCUT2D eigenvalue weighted by Gasteiger charge is 2.30. The van der Waals surface area contributed by atoms with E-state index in [2.05, 4.69) is 5.32 Å². The Morgan fingerprint density at radius 1 is 1.40 bits per heavy atom. The first kappa shape index (κ1) is 15.3. The molecule has 1 aromatic carbocycles. The second-order valence-electron chi connectivity index (χ2n) is 4.82. The summed E-state index contributed by atoms with van der Waals surface area (Å²) in [6.07, 6.45) is 0.474. The van der Waals surface area contributed by atoms with Crippen LogP contribution >= 0.6 is 11.8 Å². The van der Waals surface area contributed by atoms with Gasteiger partial charge in [0, 0.05) is 10.9 Å². The number of thioether (sulfide) groups is 1. The van der Waals surface area contributed by atoms with Gasteiger partial charge in [-0.25, -0.2) is 12.8 Å². The van der Waals surface area contributed by atoms with Gasteiger partial charge in [0.2, 0.25) is 5.91 Å². The number of carbonyl (C=O) groups is 1. The molecule has 20 heavy (non-hydrogen) atoms. The SMILES string of the molecule is C[C@H](Sc1ccc(F)cc1)C(=O)N[C@H]1CCS(=O)(=O)C1. The molecule has 4 nitrogen and oxygen atoms in total. The number of halogens is 1. The predicted octanol–water partition coefficient (Wildman–Crippen LogP) is 1.61. The van der Waals surface area contributed by atoms with Crippen molar-refractivity contribution in [2.45, 2.75) is 29.5 Å². The lowest BCUT2D eigenvalue weighted by Crippen LogP contribution is -2.39.